The van der Waals surface area contributed by atoms with E-state index in [1.165, 1.54) is 16.9 Å². The zero-order valence-electron chi connectivity index (χ0n) is 11.9. The van der Waals surface area contributed by atoms with Crippen LogP contribution in [0.15, 0.2) is 48.5 Å². The van der Waals surface area contributed by atoms with E-state index in [-0.39, 0.29) is 0 Å². The van der Waals surface area contributed by atoms with Crippen LogP contribution in [-0.4, -0.2) is 19.8 Å². The molecule has 0 amide bonds. The lowest BCUT2D eigenvalue weighted by Crippen LogP contribution is -1.91. The van der Waals surface area contributed by atoms with Crippen molar-refractivity contribution >= 4 is 22.0 Å². The van der Waals surface area contributed by atoms with Crippen molar-refractivity contribution in [3.05, 3.63) is 54.1 Å². The highest BCUT2D eigenvalue weighted by atomic mass is 32.1. The van der Waals surface area contributed by atoms with Crippen LogP contribution >= 0.6 is 11.3 Å². The predicted octanol–water partition coefficient (Wildman–Crippen LogP) is 3.41. The minimum atomic E-state index is 0.724. The molecule has 0 aliphatic heterocycles. The van der Waals surface area contributed by atoms with E-state index in [9.17, 15) is 0 Å². The van der Waals surface area contributed by atoms with Crippen molar-refractivity contribution in [1.29, 1.82) is 0 Å². The summed E-state index contributed by atoms with van der Waals surface area (Å²) in [5, 5.41) is 14.0. The Morgan fingerprint density at radius 1 is 1.00 bits per heavy atom. The van der Waals surface area contributed by atoms with Crippen LogP contribution in [0.2, 0.25) is 0 Å². The topological polar surface area (TPSA) is 69.1 Å². The van der Waals surface area contributed by atoms with Crippen LogP contribution in [0.1, 0.15) is 5.56 Å². The van der Waals surface area contributed by atoms with E-state index in [1.807, 2.05) is 36.4 Å². The Bertz CT molecular complexity index is 952. The molecule has 2 heterocycles. The van der Waals surface area contributed by atoms with Crippen LogP contribution in [0.4, 0.5) is 5.69 Å². The molecule has 2 aromatic heterocycles. The van der Waals surface area contributed by atoms with Gasteiger partial charge in [-0.05, 0) is 19.1 Å². The molecule has 0 aliphatic rings. The van der Waals surface area contributed by atoms with Crippen molar-refractivity contribution in [2.45, 2.75) is 6.92 Å². The number of benzene rings is 2. The first-order chi connectivity index (χ1) is 10.7. The van der Waals surface area contributed by atoms with Crippen LogP contribution in [0.5, 0.6) is 0 Å². The van der Waals surface area contributed by atoms with Gasteiger partial charge in [0.25, 0.3) is 0 Å². The van der Waals surface area contributed by atoms with Crippen molar-refractivity contribution in [2.75, 3.05) is 5.73 Å². The summed E-state index contributed by atoms with van der Waals surface area (Å²) >= 11 is 1.50. The molecule has 6 heteroatoms. The van der Waals surface area contributed by atoms with E-state index in [2.05, 4.69) is 34.4 Å². The number of aryl methyl sites for hydroxylation is 1. The summed E-state index contributed by atoms with van der Waals surface area (Å²) in [5.74, 6) is 0.751. The Kier molecular flexibility index (Phi) is 2.90. The maximum atomic E-state index is 5.84. The molecule has 0 bridgehead atoms. The largest absolute Gasteiger partial charge is 0.399 e. The molecule has 0 saturated carbocycles. The second-order valence-corrected chi connectivity index (χ2v) is 6.07. The third kappa shape index (κ3) is 2.14. The summed E-state index contributed by atoms with van der Waals surface area (Å²) in [6.45, 7) is 2.06. The Morgan fingerprint density at radius 2 is 1.82 bits per heavy atom. The molecular weight excluding hydrogens is 294 g/mol. The summed E-state index contributed by atoms with van der Waals surface area (Å²) in [6, 6.07) is 15.9. The number of fused-ring (bicyclic) bond motifs is 1. The van der Waals surface area contributed by atoms with Gasteiger partial charge >= 0.3 is 0 Å². The Morgan fingerprint density at radius 3 is 2.59 bits per heavy atom. The van der Waals surface area contributed by atoms with Crippen molar-refractivity contribution in [2.24, 2.45) is 0 Å². The summed E-state index contributed by atoms with van der Waals surface area (Å²) < 4.78 is 1.79. The SMILES string of the molecule is Cc1ccc(-c2nnc3sc(-c4cccc(N)c4)nn23)cc1. The third-order valence-electron chi connectivity index (χ3n) is 3.43. The standard InChI is InChI=1S/C16H13N5S/c1-10-5-7-11(8-6-10)14-18-19-16-21(14)20-15(22-16)12-3-2-4-13(17)9-12/h2-9H,17H2,1H3. The minimum absolute atomic E-state index is 0.724. The molecule has 0 fully saturated rings. The summed E-state index contributed by atoms with van der Waals surface area (Å²) in [4.78, 5) is 0.771. The van der Waals surface area contributed by atoms with Gasteiger partial charge in [0.05, 0.1) is 0 Å². The van der Waals surface area contributed by atoms with E-state index in [0.717, 1.165) is 32.6 Å². The molecule has 22 heavy (non-hydrogen) atoms. The van der Waals surface area contributed by atoms with Gasteiger partial charge in [0.1, 0.15) is 5.01 Å². The second-order valence-electron chi connectivity index (χ2n) is 5.12. The van der Waals surface area contributed by atoms with E-state index >= 15 is 0 Å². The smallest absolute Gasteiger partial charge is 0.235 e. The molecule has 2 N–H and O–H groups in total. The molecule has 0 unspecified atom stereocenters. The van der Waals surface area contributed by atoms with Crippen LogP contribution in [0.3, 0.4) is 0 Å². The fourth-order valence-electron chi connectivity index (χ4n) is 2.29. The average molecular weight is 307 g/mol. The predicted molar refractivity (Wildman–Crippen MR) is 88.7 cm³/mol. The van der Waals surface area contributed by atoms with Gasteiger partial charge < -0.3 is 5.73 Å². The zero-order valence-corrected chi connectivity index (χ0v) is 12.7. The molecule has 108 valence electrons. The number of hydrogen-bond donors (Lipinski definition) is 1. The normalized spacial score (nSPS) is 11.1. The first-order valence-corrected chi connectivity index (χ1v) is 7.67. The molecule has 0 saturated heterocycles. The number of nitrogen functional groups attached to an aromatic ring is 1. The molecular formula is C16H13N5S. The van der Waals surface area contributed by atoms with Crippen molar-refractivity contribution in [3.63, 3.8) is 0 Å². The first-order valence-electron chi connectivity index (χ1n) is 6.86. The van der Waals surface area contributed by atoms with Gasteiger partial charge in [-0.3, -0.25) is 0 Å². The van der Waals surface area contributed by atoms with E-state index < -0.39 is 0 Å². The highest BCUT2D eigenvalue weighted by Crippen LogP contribution is 2.28. The molecule has 0 spiro atoms. The zero-order chi connectivity index (χ0) is 15.1. The number of rotatable bonds is 2. The van der Waals surface area contributed by atoms with Gasteiger partial charge in [-0.2, -0.15) is 9.61 Å². The third-order valence-corrected chi connectivity index (χ3v) is 4.38. The van der Waals surface area contributed by atoms with Gasteiger partial charge in [-0.15, -0.1) is 10.2 Å². The average Bonchev–Trinajstić information content (AvgIpc) is 3.08. The molecule has 0 aliphatic carbocycles. The first kappa shape index (κ1) is 13.0. The van der Waals surface area contributed by atoms with Crippen LogP contribution in [0.25, 0.3) is 26.9 Å². The second kappa shape index (κ2) is 4.92. The fraction of sp³-hybridized carbons (Fsp3) is 0.0625. The lowest BCUT2D eigenvalue weighted by Gasteiger charge is -1.98. The maximum Gasteiger partial charge on any atom is 0.235 e. The van der Waals surface area contributed by atoms with Crippen molar-refractivity contribution < 1.29 is 0 Å². The quantitative estimate of drug-likeness (QED) is 0.576. The number of aromatic nitrogens is 4. The molecule has 0 radical (unpaired) electrons. The van der Waals surface area contributed by atoms with Crippen molar-refractivity contribution in [3.8, 4) is 22.0 Å². The molecule has 5 nitrogen and oxygen atoms in total. The van der Waals surface area contributed by atoms with Gasteiger partial charge in [0.2, 0.25) is 4.96 Å². The molecule has 4 rings (SSSR count). The van der Waals surface area contributed by atoms with Gasteiger partial charge in [0.15, 0.2) is 5.82 Å². The molecule has 2 aromatic carbocycles. The Hall–Kier alpha value is -2.73. The number of anilines is 1. The number of nitrogens with two attached hydrogens (primary N) is 1. The monoisotopic (exact) mass is 307 g/mol. The van der Waals surface area contributed by atoms with E-state index in [0.29, 0.717) is 0 Å². The minimum Gasteiger partial charge on any atom is -0.399 e. The summed E-state index contributed by atoms with van der Waals surface area (Å²) in [5.41, 5.74) is 9.77. The van der Waals surface area contributed by atoms with Gasteiger partial charge in [-0.1, -0.05) is 53.3 Å². The Labute approximate surface area is 131 Å². The fourth-order valence-corrected chi connectivity index (χ4v) is 3.12. The number of nitrogens with zero attached hydrogens (tertiary/aromatic N) is 4. The van der Waals surface area contributed by atoms with Gasteiger partial charge in [-0.25, -0.2) is 0 Å². The lowest BCUT2D eigenvalue weighted by molar-refractivity contribution is 0.970. The van der Waals surface area contributed by atoms with Crippen LogP contribution in [0, 0.1) is 6.92 Å². The van der Waals surface area contributed by atoms with Crippen LogP contribution < -0.4 is 5.73 Å². The summed E-state index contributed by atoms with van der Waals surface area (Å²) in [6.07, 6.45) is 0. The lowest BCUT2D eigenvalue weighted by atomic mass is 10.1. The Balaban J connectivity index is 1.84. The maximum absolute atomic E-state index is 5.84. The highest BCUT2D eigenvalue weighted by molar-refractivity contribution is 7.19. The van der Waals surface area contributed by atoms with Crippen LogP contribution in [-0.2, 0) is 0 Å². The van der Waals surface area contributed by atoms with Gasteiger partial charge in [0, 0.05) is 16.8 Å². The van der Waals surface area contributed by atoms with E-state index in [4.69, 9.17) is 5.73 Å². The molecule has 0 atom stereocenters. The van der Waals surface area contributed by atoms with E-state index in [1.54, 1.807) is 4.52 Å². The number of hydrogen-bond acceptors (Lipinski definition) is 5. The molecule has 4 aromatic rings. The van der Waals surface area contributed by atoms with Crippen molar-refractivity contribution in [1.82, 2.24) is 19.8 Å². The summed E-state index contributed by atoms with van der Waals surface area (Å²) in [7, 11) is 0. The highest BCUT2D eigenvalue weighted by Gasteiger charge is 2.14.